The Morgan fingerprint density at radius 1 is 1.44 bits per heavy atom. The lowest BCUT2D eigenvalue weighted by Gasteiger charge is -2.02. The van der Waals surface area contributed by atoms with Crippen LogP contribution < -0.4 is 5.43 Å². The second-order valence-electron chi connectivity index (χ2n) is 3.21. The van der Waals surface area contributed by atoms with E-state index in [0.29, 0.717) is 10.9 Å². The van der Waals surface area contributed by atoms with E-state index in [9.17, 15) is 9.59 Å². The van der Waals surface area contributed by atoms with Crippen LogP contribution in [0.25, 0.3) is 10.9 Å². The predicted molar refractivity (Wildman–Crippen MR) is 68.6 cm³/mol. The normalized spacial score (nSPS) is 10.4. The summed E-state index contributed by atoms with van der Waals surface area (Å²) in [4.78, 5) is 26.2. The predicted octanol–water partition coefficient (Wildman–Crippen LogP) is 1.92. The molecule has 2 aromatic rings. The number of esters is 1. The number of nitrogens with one attached hydrogen (secondary N) is 1. The Hall–Kier alpha value is -1.37. The van der Waals surface area contributed by atoms with Crippen molar-refractivity contribution in [1.82, 2.24) is 4.98 Å². The van der Waals surface area contributed by atoms with Crippen LogP contribution in [0.15, 0.2) is 29.2 Å². The molecule has 0 saturated heterocycles. The van der Waals surface area contributed by atoms with Crippen LogP contribution in [-0.4, -0.2) is 18.1 Å². The molecule has 1 heterocycles. The van der Waals surface area contributed by atoms with E-state index < -0.39 is 5.97 Å². The number of H-pyrrole nitrogens is 1. The summed E-state index contributed by atoms with van der Waals surface area (Å²) < 4.78 is 5.48. The van der Waals surface area contributed by atoms with Crippen molar-refractivity contribution in [2.24, 2.45) is 0 Å². The zero-order valence-electron chi connectivity index (χ0n) is 8.41. The maximum atomic E-state index is 12.0. The van der Waals surface area contributed by atoms with Gasteiger partial charge in [0.25, 0.3) is 0 Å². The molecule has 5 heteroatoms. The maximum absolute atomic E-state index is 12.0. The lowest BCUT2D eigenvalue weighted by Crippen LogP contribution is -2.16. The fourth-order valence-electron chi connectivity index (χ4n) is 1.45. The molecule has 0 spiro atoms. The lowest BCUT2D eigenvalue weighted by atomic mass is 10.1. The van der Waals surface area contributed by atoms with E-state index in [-0.39, 0.29) is 11.0 Å². The Bertz CT molecular complexity index is 618. The topological polar surface area (TPSA) is 59.2 Å². The highest BCUT2D eigenvalue weighted by atomic mass is 127. The van der Waals surface area contributed by atoms with Crippen LogP contribution in [0.2, 0.25) is 0 Å². The number of fused-ring (bicyclic) bond motifs is 1. The van der Waals surface area contributed by atoms with Crippen LogP contribution in [0.3, 0.4) is 0 Å². The third kappa shape index (κ3) is 1.82. The first-order valence-electron chi connectivity index (χ1n) is 4.52. The van der Waals surface area contributed by atoms with Gasteiger partial charge in [0.2, 0.25) is 5.43 Å². The summed E-state index contributed by atoms with van der Waals surface area (Å²) in [6, 6.07) is 5.43. The van der Waals surface area contributed by atoms with E-state index in [1.165, 1.54) is 13.3 Å². The van der Waals surface area contributed by atoms with Gasteiger partial charge in [0.1, 0.15) is 5.56 Å². The van der Waals surface area contributed by atoms with E-state index in [4.69, 9.17) is 0 Å². The fraction of sp³-hybridized carbons (Fsp3) is 0.0909. The van der Waals surface area contributed by atoms with Crippen molar-refractivity contribution in [3.8, 4) is 0 Å². The molecule has 0 fully saturated rings. The van der Waals surface area contributed by atoms with Crippen molar-refractivity contribution in [1.29, 1.82) is 0 Å². The van der Waals surface area contributed by atoms with Crippen LogP contribution in [0.4, 0.5) is 0 Å². The largest absolute Gasteiger partial charge is 0.465 e. The van der Waals surface area contributed by atoms with Gasteiger partial charge in [0.05, 0.1) is 7.11 Å². The molecule has 82 valence electrons. The molecule has 0 atom stereocenters. The second-order valence-corrected chi connectivity index (χ2v) is 4.46. The Balaban J connectivity index is 2.78. The number of aromatic nitrogens is 1. The minimum atomic E-state index is -0.623. The van der Waals surface area contributed by atoms with Gasteiger partial charge < -0.3 is 9.72 Å². The molecule has 4 nitrogen and oxygen atoms in total. The third-order valence-electron chi connectivity index (χ3n) is 2.25. The summed E-state index contributed by atoms with van der Waals surface area (Å²) in [7, 11) is 1.25. The minimum Gasteiger partial charge on any atom is -0.465 e. The van der Waals surface area contributed by atoms with Gasteiger partial charge >= 0.3 is 5.97 Å². The molecular weight excluding hydrogens is 321 g/mol. The zero-order valence-corrected chi connectivity index (χ0v) is 10.6. The summed E-state index contributed by atoms with van der Waals surface area (Å²) >= 11 is 2.11. The minimum absolute atomic E-state index is 0.0250. The number of carbonyl (C=O) groups excluding carboxylic acids is 1. The van der Waals surface area contributed by atoms with Crippen molar-refractivity contribution in [3.63, 3.8) is 0 Å². The van der Waals surface area contributed by atoms with Gasteiger partial charge in [-0.05, 0) is 40.8 Å². The standard InChI is InChI=1S/C11H8INO3/c1-16-11(15)8-5-13-9-3-2-6(12)4-7(9)10(8)14/h2-5H,1H3,(H,13,14). The molecule has 0 saturated carbocycles. The van der Waals surface area contributed by atoms with E-state index in [1.54, 1.807) is 12.1 Å². The Labute approximate surface area is 105 Å². The number of pyridine rings is 1. The van der Waals surface area contributed by atoms with Gasteiger partial charge in [-0.1, -0.05) is 0 Å². The number of halogens is 1. The van der Waals surface area contributed by atoms with Gasteiger partial charge in [0, 0.05) is 20.7 Å². The first-order chi connectivity index (χ1) is 7.63. The SMILES string of the molecule is COC(=O)c1c[nH]c2ccc(I)cc2c1=O. The van der Waals surface area contributed by atoms with Crippen LogP contribution in [0.1, 0.15) is 10.4 Å². The smallest absolute Gasteiger partial charge is 0.343 e. The van der Waals surface area contributed by atoms with Crippen molar-refractivity contribution >= 4 is 39.5 Å². The highest BCUT2D eigenvalue weighted by molar-refractivity contribution is 14.1. The third-order valence-corrected chi connectivity index (χ3v) is 2.92. The van der Waals surface area contributed by atoms with Crippen molar-refractivity contribution < 1.29 is 9.53 Å². The number of carbonyl (C=O) groups is 1. The summed E-state index contributed by atoms with van der Waals surface area (Å²) in [5.74, 6) is -0.623. The molecule has 0 bridgehead atoms. The van der Waals surface area contributed by atoms with Crippen molar-refractivity contribution in [3.05, 3.63) is 43.8 Å². The van der Waals surface area contributed by atoms with Crippen molar-refractivity contribution in [2.45, 2.75) is 0 Å². The van der Waals surface area contributed by atoms with Gasteiger partial charge in [-0.25, -0.2) is 4.79 Å². The number of hydrogen-bond donors (Lipinski definition) is 1. The van der Waals surface area contributed by atoms with Crippen LogP contribution in [0, 0.1) is 3.57 Å². The molecule has 1 aromatic carbocycles. The number of aromatic amines is 1. The molecule has 0 radical (unpaired) electrons. The van der Waals surface area contributed by atoms with E-state index in [2.05, 4.69) is 32.3 Å². The molecule has 0 amide bonds. The number of rotatable bonds is 1. The van der Waals surface area contributed by atoms with Crippen molar-refractivity contribution in [2.75, 3.05) is 7.11 Å². The first-order valence-corrected chi connectivity index (χ1v) is 5.60. The summed E-state index contributed by atoms with van der Waals surface area (Å²) in [5, 5.41) is 0.495. The van der Waals surface area contributed by atoms with Gasteiger partial charge in [-0.15, -0.1) is 0 Å². The Morgan fingerprint density at radius 3 is 2.88 bits per heavy atom. The number of ether oxygens (including phenoxy) is 1. The average molecular weight is 329 g/mol. The highest BCUT2D eigenvalue weighted by Crippen LogP contribution is 2.12. The van der Waals surface area contributed by atoms with Gasteiger partial charge in [-0.2, -0.15) is 0 Å². The molecule has 2 rings (SSSR count). The molecule has 0 aliphatic carbocycles. The van der Waals surface area contributed by atoms with E-state index in [0.717, 1.165) is 3.57 Å². The summed E-state index contributed by atoms with van der Waals surface area (Å²) in [6.45, 7) is 0. The van der Waals surface area contributed by atoms with Crippen LogP contribution in [0.5, 0.6) is 0 Å². The van der Waals surface area contributed by atoms with E-state index >= 15 is 0 Å². The Morgan fingerprint density at radius 2 is 2.19 bits per heavy atom. The average Bonchev–Trinajstić information content (AvgIpc) is 2.29. The molecule has 1 aromatic heterocycles. The molecule has 0 aliphatic heterocycles. The summed E-state index contributed by atoms with van der Waals surface area (Å²) in [5.41, 5.74) is 0.425. The quantitative estimate of drug-likeness (QED) is 0.642. The first kappa shape index (κ1) is 11.1. The van der Waals surface area contributed by atoms with Gasteiger partial charge in [-0.3, -0.25) is 4.79 Å². The molecule has 1 N–H and O–H groups in total. The second kappa shape index (κ2) is 4.25. The number of hydrogen-bond acceptors (Lipinski definition) is 3. The fourth-order valence-corrected chi connectivity index (χ4v) is 1.94. The molecular formula is C11H8INO3. The number of benzene rings is 1. The number of methoxy groups -OCH3 is 1. The monoisotopic (exact) mass is 329 g/mol. The lowest BCUT2D eigenvalue weighted by molar-refractivity contribution is 0.0599. The molecule has 0 unspecified atom stereocenters. The maximum Gasteiger partial charge on any atom is 0.343 e. The van der Waals surface area contributed by atoms with E-state index in [1.807, 2.05) is 6.07 Å². The highest BCUT2D eigenvalue weighted by Gasteiger charge is 2.12. The van der Waals surface area contributed by atoms with Gasteiger partial charge in [0.15, 0.2) is 0 Å². The molecule has 16 heavy (non-hydrogen) atoms. The summed E-state index contributed by atoms with van der Waals surface area (Å²) in [6.07, 6.45) is 1.38. The molecule has 0 aliphatic rings. The van der Waals surface area contributed by atoms with Crippen LogP contribution >= 0.6 is 22.6 Å². The zero-order chi connectivity index (χ0) is 11.7. The van der Waals surface area contributed by atoms with Crippen LogP contribution in [-0.2, 0) is 4.74 Å². The Kier molecular flexibility index (Phi) is 2.95.